The van der Waals surface area contributed by atoms with Gasteiger partial charge in [-0.3, -0.25) is 0 Å². The Morgan fingerprint density at radius 1 is 1.44 bits per heavy atom. The van der Waals surface area contributed by atoms with Crippen LogP contribution in [0, 0.1) is 0 Å². The van der Waals surface area contributed by atoms with Crippen LogP contribution in [0.2, 0.25) is 5.28 Å². The zero-order chi connectivity index (χ0) is 5.98. The van der Waals surface area contributed by atoms with Crippen LogP contribution in [0.3, 0.4) is 0 Å². The van der Waals surface area contributed by atoms with E-state index in [1.165, 1.54) is 6.33 Å². The molecule has 4 nitrogen and oxygen atoms in total. The van der Waals surface area contributed by atoms with Crippen molar-refractivity contribution >= 4 is 30.0 Å². The van der Waals surface area contributed by atoms with Crippen LogP contribution in [0.15, 0.2) is 6.33 Å². The van der Waals surface area contributed by atoms with Crippen molar-refractivity contribution in [2.24, 2.45) is 0 Å². The Hall–Kier alpha value is -0.610. The minimum absolute atomic E-state index is 0. The van der Waals surface area contributed by atoms with Crippen LogP contribution in [0.25, 0.3) is 0 Å². The Morgan fingerprint density at radius 2 is 2.11 bits per heavy atom. The SMILES string of the molecule is Cl.Nc1ncnc(Cl)n1. The predicted molar refractivity (Wildman–Crippen MR) is 36.5 cm³/mol. The summed E-state index contributed by atoms with van der Waals surface area (Å²) in [5.41, 5.74) is 5.11. The molecule has 1 aromatic rings. The van der Waals surface area contributed by atoms with Crippen LogP contribution in [-0.2, 0) is 0 Å². The number of anilines is 1. The van der Waals surface area contributed by atoms with Crippen molar-refractivity contribution in [3.05, 3.63) is 11.6 Å². The van der Waals surface area contributed by atoms with Gasteiger partial charge in [0.2, 0.25) is 11.2 Å². The zero-order valence-corrected chi connectivity index (χ0v) is 5.85. The maximum atomic E-state index is 5.30. The molecule has 6 heteroatoms. The molecule has 0 radical (unpaired) electrons. The molecule has 9 heavy (non-hydrogen) atoms. The summed E-state index contributed by atoms with van der Waals surface area (Å²) in [4.78, 5) is 10.5. The molecular formula is C3H4Cl2N4. The number of rotatable bonds is 0. The van der Waals surface area contributed by atoms with Crippen LogP contribution in [0.5, 0.6) is 0 Å². The number of nitrogens with zero attached hydrogens (tertiary/aromatic N) is 3. The van der Waals surface area contributed by atoms with Gasteiger partial charge in [-0.05, 0) is 11.6 Å². The number of nitrogens with two attached hydrogens (primary N) is 1. The number of halogens is 2. The highest BCUT2D eigenvalue weighted by Crippen LogP contribution is 1.96. The van der Waals surface area contributed by atoms with Crippen LogP contribution < -0.4 is 5.73 Å². The predicted octanol–water partition coefficient (Wildman–Crippen LogP) is 0.529. The van der Waals surface area contributed by atoms with Crippen LogP contribution >= 0.6 is 24.0 Å². The van der Waals surface area contributed by atoms with Crippen molar-refractivity contribution in [3.8, 4) is 0 Å². The van der Waals surface area contributed by atoms with Gasteiger partial charge >= 0.3 is 0 Å². The quantitative estimate of drug-likeness (QED) is 0.611. The molecular weight excluding hydrogens is 163 g/mol. The van der Waals surface area contributed by atoms with Crippen LogP contribution in [-0.4, -0.2) is 15.0 Å². The van der Waals surface area contributed by atoms with Gasteiger partial charge in [0, 0.05) is 0 Å². The lowest BCUT2D eigenvalue weighted by atomic mass is 11.0. The molecule has 0 fully saturated rings. The number of hydrogen-bond acceptors (Lipinski definition) is 4. The van der Waals surface area contributed by atoms with E-state index in [9.17, 15) is 0 Å². The van der Waals surface area contributed by atoms with E-state index in [-0.39, 0.29) is 23.6 Å². The van der Waals surface area contributed by atoms with E-state index in [0.29, 0.717) is 0 Å². The van der Waals surface area contributed by atoms with Crippen molar-refractivity contribution < 1.29 is 0 Å². The van der Waals surface area contributed by atoms with E-state index in [2.05, 4.69) is 15.0 Å². The molecule has 0 aliphatic rings. The minimum Gasteiger partial charge on any atom is -0.368 e. The molecule has 1 aromatic heterocycles. The Morgan fingerprint density at radius 3 is 2.44 bits per heavy atom. The van der Waals surface area contributed by atoms with E-state index in [1.807, 2.05) is 0 Å². The second-order valence-corrected chi connectivity index (χ2v) is 1.45. The molecule has 0 bridgehead atoms. The Balaban J connectivity index is 0.000000640. The zero-order valence-electron chi connectivity index (χ0n) is 4.28. The van der Waals surface area contributed by atoms with Gasteiger partial charge in [0.15, 0.2) is 0 Å². The lowest BCUT2D eigenvalue weighted by Gasteiger charge is -1.86. The molecule has 2 N–H and O–H groups in total. The fourth-order valence-electron chi connectivity index (χ4n) is 0.288. The Bertz CT molecular complexity index is 174. The summed E-state index contributed by atoms with van der Waals surface area (Å²) >= 11 is 5.30. The van der Waals surface area contributed by atoms with Gasteiger partial charge in [-0.15, -0.1) is 12.4 Å². The molecule has 1 heterocycles. The smallest absolute Gasteiger partial charge is 0.227 e. The highest BCUT2D eigenvalue weighted by atomic mass is 35.5. The summed E-state index contributed by atoms with van der Waals surface area (Å²) in [6, 6.07) is 0. The van der Waals surface area contributed by atoms with Crippen molar-refractivity contribution in [2.75, 3.05) is 5.73 Å². The van der Waals surface area contributed by atoms with Gasteiger partial charge in [-0.1, -0.05) is 0 Å². The first kappa shape index (κ1) is 8.39. The molecule has 0 saturated heterocycles. The van der Waals surface area contributed by atoms with E-state index in [1.54, 1.807) is 0 Å². The fourth-order valence-corrected chi connectivity index (χ4v) is 0.418. The first-order chi connectivity index (χ1) is 3.79. The first-order valence-corrected chi connectivity index (χ1v) is 2.27. The second-order valence-electron chi connectivity index (χ2n) is 1.11. The average molecular weight is 167 g/mol. The Kier molecular flexibility index (Phi) is 3.19. The fraction of sp³-hybridized carbons (Fsp3) is 0. The molecule has 0 aliphatic heterocycles. The topological polar surface area (TPSA) is 64.7 Å². The van der Waals surface area contributed by atoms with E-state index >= 15 is 0 Å². The van der Waals surface area contributed by atoms with Crippen molar-refractivity contribution in [1.29, 1.82) is 0 Å². The van der Waals surface area contributed by atoms with Crippen LogP contribution in [0.4, 0.5) is 5.95 Å². The molecule has 0 atom stereocenters. The van der Waals surface area contributed by atoms with E-state index in [0.717, 1.165) is 0 Å². The monoisotopic (exact) mass is 166 g/mol. The number of hydrogen-bond donors (Lipinski definition) is 1. The van der Waals surface area contributed by atoms with Crippen LogP contribution in [0.1, 0.15) is 0 Å². The van der Waals surface area contributed by atoms with E-state index < -0.39 is 0 Å². The second kappa shape index (κ2) is 3.42. The third-order valence-electron chi connectivity index (χ3n) is 0.561. The minimum atomic E-state index is 0. The van der Waals surface area contributed by atoms with Crippen molar-refractivity contribution in [3.63, 3.8) is 0 Å². The molecule has 0 aliphatic carbocycles. The summed E-state index contributed by atoms with van der Waals surface area (Å²) in [6.07, 6.45) is 1.25. The van der Waals surface area contributed by atoms with Gasteiger partial charge in [0.25, 0.3) is 0 Å². The molecule has 1 rings (SSSR count). The normalized spacial score (nSPS) is 8.11. The number of nitrogen functional groups attached to an aromatic ring is 1. The number of aromatic nitrogens is 3. The van der Waals surface area contributed by atoms with Crippen molar-refractivity contribution in [1.82, 2.24) is 15.0 Å². The lowest BCUT2D eigenvalue weighted by Crippen LogP contribution is -1.94. The molecule has 0 amide bonds. The van der Waals surface area contributed by atoms with Crippen molar-refractivity contribution in [2.45, 2.75) is 0 Å². The molecule has 0 spiro atoms. The van der Waals surface area contributed by atoms with Gasteiger partial charge in [-0.25, -0.2) is 9.97 Å². The lowest BCUT2D eigenvalue weighted by molar-refractivity contribution is 1.06. The summed E-state index contributed by atoms with van der Waals surface area (Å²) in [6.45, 7) is 0. The summed E-state index contributed by atoms with van der Waals surface area (Å²) in [5, 5.41) is 0.123. The largest absolute Gasteiger partial charge is 0.368 e. The molecule has 50 valence electrons. The highest BCUT2D eigenvalue weighted by Gasteiger charge is 1.87. The highest BCUT2D eigenvalue weighted by molar-refractivity contribution is 6.28. The van der Waals surface area contributed by atoms with Gasteiger partial charge in [0.05, 0.1) is 0 Å². The molecule has 0 saturated carbocycles. The Labute approximate surface area is 62.9 Å². The maximum Gasteiger partial charge on any atom is 0.227 e. The summed E-state index contributed by atoms with van der Waals surface area (Å²) < 4.78 is 0. The van der Waals surface area contributed by atoms with Gasteiger partial charge < -0.3 is 5.73 Å². The average Bonchev–Trinajstić information content (AvgIpc) is 1.64. The molecule has 0 unspecified atom stereocenters. The summed E-state index contributed by atoms with van der Waals surface area (Å²) in [7, 11) is 0. The maximum absolute atomic E-state index is 5.30. The third kappa shape index (κ3) is 2.43. The molecule has 0 aromatic carbocycles. The van der Waals surface area contributed by atoms with E-state index in [4.69, 9.17) is 17.3 Å². The standard InChI is InChI=1S/C3H3ClN4.ClH/c4-2-6-1-7-3(5)8-2;/h1H,(H2,5,6,7,8);1H. The third-order valence-corrected chi connectivity index (χ3v) is 0.743. The van der Waals surface area contributed by atoms with Gasteiger partial charge in [-0.2, -0.15) is 4.98 Å². The van der Waals surface area contributed by atoms with Gasteiger partial charge in [0.1, 0.15) is 6.33 Å². The summed E-state index contributed by atoms with van der Waals surface area (Å²) in [5.74, 6) is 0.144. The first-order valence-electron chi connectivity index (χ1n) is 1.89.